The van der Waals surface area contributed by atoms with Crippen LogP contribution in [0.3, 0.4) is 0 Å². The lowest BCUT2D eigenvalue weighted by atomic mass is 9.78. The van der Waals surface area contributed by atoms with Gasteiger partial charge in [-0.05, 0) is 18.8 Å². The van der Waals surface area contributed by atoms with E-state index in [0.717, 1.165) is 6.42 Å². The maximum Gasteiger partial charge on any atom is 0.303 e. The zero-order valence-corrected chi connectivity index (χ0v) is 10.5. The molecule has 1 aliphatic rings. The van der Waals surface area contributed by atoms with Crippen LogP contribution in [0.15, 0.2) is 0 Å². The molecule has 0 bridgehead atoms. The number of carbonyl (C=O) groups excluding carboxylic acids is 2. The van der Waals surface area contributed by atoms with E-state index in [1.165, 1.54) is 13.8 Å². The summed E-state index contributed by atoms with van der Waals surface area (Å²) in [4.78, 5) is 22.1. The summed E-state index contributed by atoms with van der Waals surface area (Å²) in [6.07, 6.45) is 0.454. The maximum atomic E-state index is 11.0. The topological polar surface area (TPSA) is 72.8 Å². The number of esters is 2. The lowest BCUT2D eigenvalue weighted by molar-refractivity contribution is -0.178. The predicted molar refractivity (Wildman–Crippen MR) is 60.1 cm³/mol. The van der Waals surface area contributed by atoms with Crippen LogP contribution >= 0.6 is 0 Å². The van der Waals surface area contributed by atoms with Gasteiger partial charge in [0.05, 0.1) is 0 Å². The molecule has 5 nitrogen and oxygen atoms in total. The van der Waals surface area contributed by atoms with E-state index >= 15 is 0 Å². The van der Waals surface area contributed by atoms with Gasteiger partial charge in [0.1, 0.15) is 12.2 Å². The fourth-order valence-electron chi connectivity index (χ4n) is 2.45. The van der Waals surface area contributed by atoms with Gasteiger partial charge in [0, 0.05) is 26.4 Å². The minimum Gasteiger partial charge on any atom is -0.459 e. The highest BCUT2D eigenvalue weighted by Crippen LogP contribution is 2.33. The van der Waals surface area contributed by atoms with Gasteiger partial charge in [0.25, 0.3) is 0 Å². The Balaban J connectivity index is 2.78. The SMILES string of the molecule is CC(=O)OC1CC(C)CC(CO)C1OC(C)=O. The first-order chi connectivity index (χ1) is 7.93. The third kappa shape index (κ3) is 4.00. The van der Waals surface area contributed by atoms with Crippen molar-refractivity contribution in [3.63, 3.8) is 0 Å². The number of carbonyl (C=O) groups is 2. The van der Waals surface area contributed by atoms with Gasteiger partial charge >= 0.3 is 11.9 Å². The lowest BCUT2D eigenvalue weighted by Crippen LogP contribution is -2.46. The Morgan fingerprint density at radius 2 is 1.76 bits per heavy atom. The molecule has 0 spiro atoms. The van der Waals surface area contributed by atoms with Gasteiger partial charge in [-0.3, -0.25) is 9.59 Å². The molecule has 0 radical (unpaired) electrons. The molecule has 1 rings (SSSR count). The Hall–Kier alpha value is -1.10. The van der Waals surface area contributed by atoms with Crippen molar-refractivity contribution in [2.75, 3.05) is 6.61 Å². The number of rotatable bonds is 3. The minimum absolute atomic E-state index is 0.0694. The monoisotopic (exact) mass is 244 g/mol. The van der Waals surface area contributed by atoms with Crippen molar-refractivity contribution in [2.24, 2.45) is 11.8 Å². The van der Waals surface area contributed by atoms with Crippen LogP contribution in [0.25, 0.3) is 0 Å². The van der Waals surface area contributed by atoms with Crippen molar-refractivity contribution in [1.29, 1.82) is 0 Å². The van der Waals surface area contributed by atoms with E-state index < -0.39 is 24.1 Å². The van der Waals surface area contributed by atoms with E-state index in [9.17, 15) is 14.7 Å². The Morgan fingerprint density at radius 1 is 1.18 bits per heavy atom. The molecule has 1 N–H and O–H groups in total. The number of hydrogen-bond donors (Lipinski definition) is 1. The second-order valence-electron chi connectivity index (χ2n) is 4.74. The van der Waals surface area contributed by atoms with E-state index in [4.69, 9.17) is 9.47 Å². The first-order valence-electron chi connectivity index (χ1n) is 5.89. The van der Waals surface area contributed by atoms with Crippen molar-refractivity contribution < 1.29 is 24.2 Å². The quantitative estimate of drug-likeness (QED) is 0.746. The molecule has 98 valence electrons. The second-order valence-corrected chi connectivity index (χ2v) is 4.74. The molecule has 1 saturated carbocycles. The van der Waals surface area contributed by atoms with Crippen molar-refractivity contribution in [3.8, 4) is 0 Å². The number of aliphatic hydroxyl groups is 1. The van der Waals surface area contributed by atoms with Crippen LogP contribution in [-0.2, 0) is 19.1 Å². The van der Waals surface area contributed by atoms with E-state index in [2.05, 4.69) is 0 Å². The molecule has 4 atom stereocenters. The van der Waals surface area contributed by atoms with Crippen LogP contribution in [0.2, 0.25) is 0 Å². The molecule has 17 heavy (non-hydrogen) atoms. The summed E-state index contributed by atoms with van der Waals surface area (Å²) < 4.78 is 10.4. The summed E-state index contributed by atoms with van der Waals surface area (Å²) in [5, 5.41) is 9.31. The molecule has 0 amide bonds. The van der Waals surface area contributed by atoms with E-state index in [-0.39, 0.29) is 12.5 Å². The fraction of sp³-hybridized carbons (Fsp3) is 0.833. The standard InChI is InChI=1S/C12H20O5/c1-7-4-10(6-13)12(17-9(3)15)11(5-7)16-8(2)14/h7,10-13H,4-6H2,1-3H3. The van der Waals surface area contributed by atoms with Crippen LogP contribution in [0.4, 0.5) is 0 Å². The zero-order valence-electron chi connectivity index (χ0n) is 10.5. The molecule has 1 fully saturated rings. The highest BCUT2D eigenvalue weighted by Gasteiger charge is 2.40. The van der Waals surface area contributed by atoms with Gasteiger partial charge in [0.2, 0.25) is 0 Å². The summed E-state index contributed by atoms with van der Waals surface area (Å²) in [6.45, 7) is 4.61. The Labute approximate surface area is 101 Å². The lowest BCUT2D eigenvalue weighted by Gasteiger charge is -2.38. The molecule has 0 aliphatic heterocycles. The highest BCUT2D eigenvalue weighted by molar-refractivity contribution is 5.67. The first-order valence-corrected chi connectivity index (χ1v) is 5.89. The number of ether oxygens (including phenoxy) is 2. The molecule has 0 heterocycles. The van der Waals surface area contributed by atoms with Crippen molar-refractivity contribution in [2.45, 2.75) is 45.8 Å². The normalized spacial score (nSPS) is 32.9. The Kier molecular flexibility index (Phi) is 4.93. The van der Waals surface area contributed by atoms with E-state index in [1.807, 2.05) is 6.92 Å². The van der Waals surface area contributed by atoms with Gasteiger partial charge in [-0.1, -0.05) is 6.92 Å². The summed E-state index contributed by atoms with van der Waals surface area (Å²) in [5.74, 6) is -0.631. The van der Waals surface area contributed by atoms with E-state index in [1.54, 1.807) is 0 Å². The van der Waals surface area contributed by atoms with Gasteiger partial charge in [-0.2, -0.15) is 0 Å². The average Bonchev–Trinajstić information content (AvgIpc) is 2.20. The number of aliphatic hydroxyl groups excluding tert-OH is 1. The fourth-order valence-corrected chi connectivity index (χ4v) is 2.45. The third-order valence-electron chi connectivity index (χ3n) is 3.02. The maximum absolute atomic E-state index is 11.0. The largest absolute Gasteiger partial charge is 0.459 e. The molecule has 1 aliphatic carbocycles. The number of hydrogen-bond acceptors (Lipinski definition) is 5. The van der Waals surface area contributed by atoms with Gasteiger partial charge in [-0.15, -0.1) is 0 Å². The van der Waals surface area contributed by atoms with E-state index in [0.29, 0.717) is 12.3 Å². The molecule has 5 heteroatoms. The summed E-state index contributed by atoms with van der Waals surface area (Å²) in [7, 11) is 0. The van der Waals surface area contributed by atoms with Crippen molar-refractivity contribution in [3.05, 3.63) is 0 Å². The summed E-state index contributed by atoms with van der Waals surface area (Å²) >= 11 is 0. The molecule has 0 aromatic heterocycles. The zero-order chi connectivity index (χ0) is 13.0. The average molecular weight is 244 g/mol. The molecule has 4 unspecified atom stereocenters. The molecule has 0 saturated heterocycles. The Morgan fingerprint density at radius 3 is 2.24 bits per heavy atom. The molecular weight excluding hydrogens is 224 g/mol. The van der Waals surface area contributed by atoms with Gasteiger partial charge < -0.3 is 14.6 Å². The first kappa shape index (κ1) is 14.0. The van der Waals surface area contributed by atoms with Crippen LogP contribution in [0.5, 0.6) is 0 Å². The Bertz CT molecular complexity index is 289. The summed E-state index contributed by atoms with van der Waals surface area (Å²) in [6, 6.07) is 0. The van der Waals surface area contributed by atoms with Crippen LogP contribution in [0, 0.1) is 11.8 Å². The smallest absolute Gasteiger partial charge is 0.303 e. The highest BCUT2D eigenvalue weighted by atomic mass is 16.6. The van der Waals surface area contributed by atoms with Crippen molar-refractivity contribution >= 4 is 11.9 Å². The summed E-state index contributed by atoms with van der Waals surface area (Å²) in [5.41, 5.74) is 0. The molecule has 0 aromatic rings. The molecule has 0 aromatic carbocycles. The van der Waals surface area contributed by atoms with Gasteiger partial charge in [0.15, 0.2) is 0 Å². The minimum atomic E-state index is -0.530. The van der Waals surface area contributed by atoms with Gasteiger partial charge in [-0.25, -0.2) is 0 Å². The molecular formula is C12H20O5. The third-order valence-corrected chi connectivity index (χ3v) is 3.02. The van der Waals surface area contributed by atoms with Crippen LogP contribution < -0.4 is 0 Å². The van der Waals surface area contributed by atoms with Crippen molar-refractivity contribution in [1.82, 2.24) is 0 Å². The predicted octanol–water partition coefficient (Wildman–Crippen LogP) is 0.888. The van der Waals surface area contributed by atoms with Crippen LogP contribution in [0.1, 0.15) is 33.6 Å². The second kappa shape index (κ2) is 6.00. The van der Waals surface area contributed by atoms with Crippen LogP contribution in [-0.4, -0.2) is 35.9 Å².